The van der Waals surface area contributed by atoms with E-state index in [1.54, 1.807) is 0 Å². The van der Waals surface area contributed by atoms with Gasteiger partial charge in [-0.2, -0.15) is 0 Å². The Morgan fingerprint density at radius 1 is 1.56 bits per heavy atom. The SMILES string of the molecule is NC(=O)CC(N)C(=O)N1CCOC(CO)C1. The van der Waals surface area contributed by atoms with E-state index in [0.717, 1.165) is 0 Å². The van der Waals surface area contributed by atoms with Gasteiger partial charge in [0.25, 0.3) is 0 Å². The normalized spacial score (nSPS) is 22.9. The summed E-state index contributed by atoms with van der Waals surface area (Å²) in [6, 6.07) is -0.907. The van der Waals surface area contributed by atoms with E-state index >= 15 is 0 Å². The van der Waals surface area contributed by atoms with E-state index in [9.17, 15) is 9.59 Å². The Morgan fingerprint density at radius 2 is 2.25 bits per heavy atom. The molecule has 92 valence electrons. The van der Waals surface area contributed by atoms with Crippen molar-refractivity contribution in [1.29, 1.82) is 0 Å². The molecule has 1 saturated heterocycles. The minimum absolute atomic E-state index is 0.144. The van der Waals surface area contributed by atoms with Crippen molar-refractivity contribution < 1.29 is 19.4 Å². The van der Waals surface area contributed by atoms with Crippen molar-refractivity contribution in [3.63, 3.8) is 0 Å². The van der Waals surface area contributed by atoms with Gasteiger partial charge in [-0.3, -0.25) is 9.59 Å². The fourth-order valence-corrected chi connectivity index (χ4v) is 1.57. The number of aliphatic hydroxyl groups is 1. The smallest absolute Gasteiger partial charge is 0.240 e. The lowest BCUT2D eigenvalue weighted by atomic mass is 10.1. The lowest BCUT2D eigenvalue weighted by Crippen LogP contribution is -2.52. The fraction of sp³-hybridized carbons (Fsp3) is 0.778. The number of rotatable bonds is 4. The highest BCUT2D eigenvalue weighted by molar-refractivity contribution is 5.87. The fourth-order valence-electron chi connectivity index (χ4n) is 1.57. The highest BCUT2D eigenvalue weighted by atomic mass is 16.5. The van der Waals surface area contributed by atoms with Gasteiger partial charge in [0.05, 0.1) is 31.8 Å². The number of carbonyl (C=O) groups excluding carboxylic acids is 2. The number of hydrogen-bond acceptors (Lipinski definition) is 5. The Labute approximate surface area is 93.3 Å². The highest BCUT2D eigenvalue weighted by Gasteiger charge is 2.27. The van der Waals surface area contributed by atoms with Gasteiger partial charge < -0.3 is 26.2 Å². The molecule has 1 rings (SSSR count). The van der Waals surface area contributed by atoms with Crippen LogP contribution in [-0.4, -0.2) is 60.3 Å². The second-order valence-electron chi connectivity index (χ2n) is 3.74. The Hall–Kier alpha value is -1.18. The third-order valence-electron chi connectivity index (χ3n) is 2.39. The molecule has 2 amide bonds. The number of amides is 2. The van der Waals surface area contributed by atoms with E-state index in [4.69, 9.17) is 21.3 Å². The van der Waals surface area contributed by atoms with Gasteiger partial charge in [0, 0.05) is 13.1 Å². The third kappa shape index (κ3) is 3.44. The zero-order valence-corrected chi connectivity index (χ0v) is 8.96. The van der Waals surface area contributed by atoms with E-state index in [1.165, 1.54) is 4.90 Å². The molecule has 0 bridgehead atoms. The summed E-state index contributed by atoms with van der Waals surface area (Å²) in [5.74, 6) is -0.937. The maximum atomic E-state index is 11.8. The predicted octanol–water partition coefficient (Wildman–Crippen LogP) is -2.59. The van der Waals surface area contributed by atoms with Crippen molar-refractivity contribution >= 4 is 11.8 Å². The number of aliphatic hydroxyl groups excluding tert-OH is 1. The minimum Gasteiger partial charge on any atom is -0.394 e. The standard InChI is InChI=1S/C9H17N3O4/c10-7(3-8(11)14)9(15)12-1-2-16-6(4-12)5-13/h6-7,13H,1-5,10H2,(H2,11,14). The Morgan fingerprint density at radius 3 is 2.81 bits per heavy atom. The number of nitrogens with zero attached hydrogens (tertiary/aromatic N) is 1. The number of carbonyl (C=O) groups is 2. The predicted molar refractivity (Wildman–Crippen MR) is 55.2 cm³/mol. The molecular weight excluding hydrogens is 214 g/mol. The van der Waals surface area contributed by atoms with Crippen molar-refractivity contribution in [2.24, 2.45) is 11.5 Å². The highest BCUT2D eigenvalue weighted by Crippen LogP contribution is 2.07. The average Bonchev–Trinajstić information content (AvgIpc) is 2.27. The van der Waals surface area contributed by atoms with Crippen molar-refractivity contribution in [1.82, 2.24) is 4.90 Å². The largest absolute Gasteiger partial charge is 0.394 e. The van der Waals surface area contributed by atoms with Crippen LogP contribution in [0.4, 0.5) is 0 Å². The number of nitrogens with two attached hydrogens (primary N) is 2. The molecule has 7 nitrogen and oxygen atoms in total. The zero-order valence-electron chi connectivity index (χ0n) is 8.96. The number of primary amides is 1. The van der Waals surface area contributed by atoms with Crippen LogP contribution in [0.5, 0.6) is 0 Å². The monoisotopic (exact) mass is 231 g/mol. The average molecular weight is 231 g/mol. The van der Waals surface area contributed by atoms with Crippen LogP contribution < -0.4 is 11.5 Å². The third-order valence-corrected chi connectivity index (χ3v) is 2.39. The van der Waals surface area contributed by atoms with E-state index in [-0.39, 0.29) is 25.0 Å². The molecule has 16 heavy (non-hydrogen) atoms. The van der Waals surface area contributed by atoms with Crippen LogP contribution in [0.25, 0.3) is 0 Å². The lowest BCUT2D eigenvalue weighted by molar-refractivity contribution is -0.142. The molecule has 1 aliphatic heterocycles. The van der Waals surface area contributed by atoms with E-state index < -0.39 is 11.9 Å². The minimum atomic E-state index is -0.907. The van der Waals surface area contributed by atoms with E-state index in [1.807, 2.05) is 0 Å². The summed E-state index contributed by atoms with van der Waals surface area (Å²) in [5, 5.41) is 8.91. The molecule has 0 aromatic carbocycles. The number of ether oxygens (including phenoxy) is 1. The van der Waals surface area contributed by atoms with Crippen molar-refractivity contribution in [3.05, 3.63) is 0 Å². The molecule has 0 radical (unpaired) electrons. The molecule has 5 N–H and O–H groups in total. The van der Waals surface area contributed by atoms with Crippen LogP contribution in [-0.2, 0) is 14.3 Å². The van der Waals surface area contributed by atoms with Gasteiger partial charge in [0.1, 0.15) is 0 Å². The molecule has 2 unspecified atom stereocenters. The summed E-state index contributed by atoms with van der Waals surface area (Å²) in [7, 11) is 0. The quantitative estimate of drug-likeness (QED) is 0.490. The number of hydrogen-bond donors (Lipinski definition) is 3. The summed E-state index contributed by atoms with van der Waals surface area (Å²) >= 11 is 0. The van der Waals surface area contributed by atoms with Crippen LogP contribution in [0.2, 0.25) is 0 Å². The molecule has 1 aliphatic rings. The molecular formula is C9H17N3O4. The summed E-state index contributed by atoms with van der Waals surface area (Å²) in [6.45, 7) is 0.929. The molecule has 1 heterocycles. The second-order valence-corrected chi connectivity index (χ2v) is 3.74. The van der Waals surface area contributed by atoms with Crippen molar-refractivity contribution in [2.45, 2.75) is 18.6 Å². The van der Waals surface area contributed by atoms with Crippen molar-refractivity contribution in [3.8, 4) is 0 Å². The van der Waals surface area contributed by atoms with Crippen LogP contribution in [0.1, 0.15) is 6.42 Å². The first-order chi connectivity index (χ1) is 7.54. The van der Waals surface area contributed by atoms with Crippen LogP contribution in [0.3, 0.4) is 0 Å². The van der Waals surface area contributed by atoms with Gasteiger partial charge in [0.2, 0.25) is 11.8 Å². The van der Waals surface area contributed by atoms with Crippen LogP contribution >= 0.6 is 0 Å². The van der Waals surface area contributed by atoms with Gasteiger partial charge in [-0.05, 0) is 0 Å². The summed E-state index contributed by atoms with van der Waals surface area (Å²) < 4.78 is 5.19. The second kappa shape index (κ2) is 5.78. The summed E-state index contributed by atoms with van der Waals surface area (Å²) in [5.41, 5.74) is 10.5. The summed E-state index contributed by atoms with van der Waals surface area (Å²) in [6.07, 6.45) is -0.543. The van der Waals surface area contributed by atoms with Crippen LogP contribution in [0.15, 0.2) is 0 Å². The molecule has 0 aromatic rings. The first-order valence-corrected chi connectivity index (χ1v) is 5.09. The van der Waals surface area contributed by atoms with Gasteiger partial charge >= 0.3 is 0 Å². The maximum absolute atomic E-state index is 11.8. The first-order valence-electron chi connectivity index (χ1n) is 5.09. The van der Waals surface area contributed by atoms with E-state index in [2.05, 4.69) is 0 Å². The molecule has 0 saturated carbocycles. The zero-order chi connectivity index (χ0) is 12.1. The van der Waals surface area contributed by atoms with Gasteiger partial charge in [0.15, 0.2) is 0 Å². The van der Waals surface area contributed by atoms with E-state index in [0.29, 0.717) is 19.7 Å². The Balaban J connectivity index is 2.49. The topological polar surface area (TPSA) is 119 Å². The van der Waals surface area contributed by atoms with Gasteiger partial charge in [-0.25, -0.2) is 0 Å². The molecule has 0 spiro atoms. The first kappa shape index (κ1) is 12.9. The maximum Gasteiger partial charge on any atom is 0.240 e. The number of morpholine rings is 1. The van der Waals surface area contributed by atoms with Crippen molar-refractivity contribution in [2.75, 3.05) is 26.3 Å². The molecule has 0 aromatic heterocycles. The van der Waals surface area contributed by atoms with Gasteiger partial charge in [-0.15, -0.1) is 0 Å². The summed E-state index contributed by atoms with van der Waals surface area (Å²) in [4.78, 5) is 23.9. The molecule has 7 heteroatoms. The Kier molecular flexibility index (Phi) is 4.66. The molecule has 0 aliphatic carbocycles. The lowest BCUT2D eigenvalue weighted by Gasteiger charge is -2.33. The van der Waals surface area contributed by atoms with Gasteiger partial charge in [-0.1, -0.05) is 0 Å². The molecule has 2 atom stereocenters. The van der Waals surface area contributed by atoms with Crippen LogP contribution in [0, 0.1) is 0 Å². The Bertz CT molecular complexity index is 271. The molecule has 1 fully saturated rings.